The lowest BCUT2D eigenvalue weighted by molar-refractivity contribution is -0.385. The summed E-state index contributed by atoms with van der Waals surface area (Å²) in [4.78, 5) is 25.7. The third kappa shape index (κ3) is 3.77. The number of likely N-dealkylation sites (N-methyl/N-ethyl adjacent to an activating group) is 1. The van der Waals surface area contributed by atoms with Gasteiger partial charge in [0.25, 0.3) is 11.6 Å². The lowest BCUT2D eigenvalue weighted by Gasteiger charge is -2.07. The predicted molar refractivity (Wildman–Crippen MR) is 66.5 cm³/mol. The third-order valence-electron chi connectivity index (χ3n) is 2.37. The fourth-order valence-corrected chi connectivity index (χ4v) is 1.39. The van der Waals surface area contributed by atoms with Crippen molar-refractivity contribution < 1.29 is 9.72 Å². The van der Waals surface area contributed by atoms with Crippen LogP contribution in [-0.2, 0) is 0 Å². The number of amides is 1. The molecule has 7 nitrogen and oxygen atoms in total. The second-order valence-electron chi connectivity index (χ2n) is 3.69. The van der Waals surface area contributed by atoms with Gasteiger partial charge in [-0.05, 0) is 13.5 Å². The molecule has 1 rings (SSSR count). The molecule has 0 radical (unpaired) electrons. The highest BCUT2D eigenvalue weighted by molar-refractivity contribution is 5.95. The molecule has 0 aliphatic carbocycles. The number of hydrogen-bond donors (Lipinski definition) is 2. The van der Waals surface area contributed by atoms with Crippen molar-refractivity contribution in [3.63, 3.8) is 0 Å². The van der Waals surface area contributed by atoms with Gasteiger partial charge in [0.2, 0.25) is 0 Å². The maximum absolute atomic E-state index is 11.8. The van der Waals surface area contributed by atoms with Gasteiger partial charge in [-0.25, -0.2) is 0 Å². The largest absolute Gasteiger partial charge is 0.351 e. The molecule has 0 bridgehead atoms. The molecule has 1 amide bonds. The van der Waals surface area contributed by atoms with E-state index in [0.717, 1.165) is 12.7 Å². The molecule has 1 aromatic heterocycles. The number of aromatic nitrogens is 1. The Morgan fingerprint density at radius 3 is 2.83 bits per heavy atom. The minimum absolute atomic E-state index is 0.183. The molecule has 0 saturated heterocycles. The van der Waals surface area contributed by atoms with Gasteiger partial charge in [-0.3, -0.25) is 19.9 Å². The van der Waals surface area contributed by atoms with Crippen LogP contribution in [0.3, 0.4) is 0 Å². The van der Waals surface area contributed by atoms with Crippen molar-refractivity contribution in [2.24, 2.45) is 0 Å². The van der Waals surface area contributed by atoms with Crippen LogP contribution in [0.2, 0.25) is 0 Å². The van der Waals surface area contributed by atoms with Crippen molar-refractivity contribution in [3.05, 3.63) is 33.6 Å². The predicted octanol–water partition coefficient (Wildman–Crippen LogP) is 0.638. The van der Waals surface area contributed by atoms with Gasteiger partial charge in [-0.2, -0.15) is 0 Å². The van der Waals surface area contributed by atoms with Crippen molar-refractivity contribution in [1.82, 2.24) is 15.6 Å². The molecule has 0 aromatic carbocycles. The summed E-state index contributed by atoms with van der Waals surface area (Å²) in [5.41, 5.74) is 0.527. The van der Waals surface area contributed by atoms with Crippen LogP contribution >= 0.6 is 0 Å². The summed E-state index contributed by atoms with van der Waals surface area (Å²) < 4.78 is 0. The Morgan fingerprint density at radius 1 is 1.50 bits per heavy atom. The molecule has 98 valence electrons. The van der Waals surface area contributed by atoms with Gasteiger partial charge in [0.1, 0.15) is 6.20 Å². The van der Waals surface area contributed by atoms with Crippen LogP contribution in [0.1, 0.15) is 23.0 Å². The summed E-state index contributed by atoms with van der Waals surface area (Å²) in [6.07, 6.45) is 1.14. The van der Waals surface area contributed by atoms with E-state index >= 15 is 0 Å². The first-order chi connectivity index (χ1) is 8.56. The van der Waals surface area contributed by atoms with Crippen LogP contribution in [0.25, 0.3) is 0 Å². The number of nitrogens with one attached hydrogen (secondary N) is 2. The number of nitro groups is 1. The molecule has 0 aliphatic heterocycles. The van der Waals surface area contributed by atoms with Crippen molar-refractivity contribution in [2.75, 3.05) is 19.6 Å². The Balaban J connectivity index is 2.72. The van der Waals surface area contributed by atoms with Gasteiger partial charge < -0.3 is 10.6 Å². The molecule has 7 heteroatoms. The molecule has 0 saturated carbocycles. The maximum Gasteiger partial charge on any atom is 0.288 e. The van der Waals surface area contributed by atoms with E-state index in [2.05, 4.69) is 15.6 Å². The zero-order valence-electron chi connectivity index (χ0n) is 10.4. The van der Waals surface area contributed by atoms with Crippen LogP contribution in [-0.4, -0.2) is 35.4 Å². The average Bonchev–Trinajstić information content (AvgIpc) is 2.34. The molecule has 1 aromatic rings. The topological polar surface area (TPSA) is 97.2 Å². The number of aryl methyl sites for hydroxylation is 1. The van der Waals surface area contributed by atoms with Crippen LogP contribution in [0, 0.1) is 17.0 Å². The molecule has 0 fully saturated rings. The zero-order chi connectivity index (χ0) is 13.5. The van der Waals surface area contributed by atoms with E-state index in [1.807, 2.05) is 6.92 Å². The normalized spacial score (nSPS) is 10.1. The minimum atomic E-state index is -0.568. The SMILES string of the molecule is CCNCCNC(=O)c1cc([N+](=O)[O-])cnc1C. The summed E-state index contributed by atoms with van der Waals surface area (Å²) in [7, 11) is 0. The van der Waals surface area contributed by atoms with Gasteiger partial charge >= 0.3 is 0 Å². The van der Waals surface area contributed by atoms with E-state index in [9.17, 15) is 14.9 Å². The minimum Gasteiger partial charge on any atom is -0.351 e. The molecule has 0 spiro atoms. The van der Waals surface area contributed by atoms with E-state index in [1.54, 1.807) is 6.92 Å². The van der Waals surface area contributed by atoms with Gasteiger partial charge in [0.15, 0.2) is 0 Å². The summed E-state index contributed by atoms with van der Waals surface area (Å²) in [6, 6.07) is 1.24. The van der Waals surface area contributed by atoms with E-state index in [0.29, 0.717) is 18.8 Å². The van der Waals surface area contributed by atoms with Crippen LogP contribution in [0.5, 0.6) is 0 Å². The molecule has 18 heavy (non-hydrogen) atoms. The fourth-order valence-electron chi connectivity index (χ4n) is 1.39. The second-order valence-corrected chi connectivity index (χ2v) is 3.69. The zero-order valence-corrected chi connectivity index (χ0v) is 10.4. The molecule has 2 N–H and O–H groups in total. The number of pyridine rings is 1. The summed E-state index contributed by atoms with van der Waals surface area (Å²) in [6.45, 7) is 5.56. The Labute approximate surface area is 105 Å². The fraction of sp³-hybridized carbons (Fsp3) is 0.455. The average molecular weight is 252 g/mol. The lowest BCUT2D eigenvalue weighted by Crippen LogP contribution is -2.32. The highest BCUT2D eigenvalue weighted by Gasteiger charge is 2.15. The molecule has 0 aliphatic rings. The Kier molecular flexibility index (Phi) is 5.19. The number of rotatable bonds is 6. The van der Waals surface area contributed by atoms with Gasteiger partial charge in [0, 0.05) is 19.2 Å². The number of carbonyl (C=O) groups excluding carboxylic acids is 1. The van der Waals surface area contributed by atoms with Gasteiger partial charge in [0.05, 0.1) is 16.2 Å². The standard InChI is InChI=1S/C11H16N4O3/c1-3-12-4-5-13-11(16)10-6-9(15(17)18)7-14-8(10)2/h6-7,12H,3-5H2,1-2H3,(H,13,16). The quantitative estimate of drug-likeness (QED) is 0.440. The lowest BCUT2D eigenvalue weighted by atomic mass is 10.2. The van der Waals surface area contributed by atoms with Gasteiger partial charge in [-0.1, -0.05) is 6.92 Å². The molecular formula is C11H16N4O3. The Morgan fingerprint density at radius 2 is 2.22 bits per heavy atom. The van der Waals surface area contributed by atoms with E-state index in [-0.39, 0.29) is 17.2 Å². The number of nitrogens with zero attached hydrogens (tertiary/aromatic N) is 2. The second kappa shape index (κ2) is 6.65. The number of carbonyl (C=O) groups is 1. The Bertz CT molecular complexity index is 448. The van der Waals surface area contributed by atoms with Crippen molar-refractivity contribution in [2.45, 2.75) is 13.8 Å². The van der Waals surface area contributed by atoms with Crippen molar-refractivity contribution >= 4 is 11.6 Å². The number of hydrogen-bond acceptors (Lipinski definition) is 5. The molecule has 1 heterocycles. The van der Waals surface area contributed by atoms with Crippen molar-refractivity contribution in [1.29, 1.82) is 0 Å². The van der Waals surface area contributed by atoms with Gasteiger partial charge in [-0.15, -0.1) is 0 Å². The molecular weight excluding hydrogens is 236 g/mol. The monoisotopic (exact) mass is 252 g/mol. The van der Waals surface area contributed by atoms with Crippen molar-refractivity contribution in [3.8, 4) is 0 Å². The first-order valence-corrected chi connectivity index (χ1v) is 5.66. The molecule has 0 atom stereocenters. The summed E-state index contributed by atoms with van der Waals surface area (Å²) in [5.74, 6) is -0.346. The highest BCUT2D eigenvalue weighted by Crippen LogP contribution is 2.14. The Hall–Kier alpha value is -2.02. The third-order valence-corrected chi connectivity index (χ3v) is 2.37. The first kappa shape index (κ1) is 14.0. The first-order valence-electron chi connectivity index (χ1n) is 5.66. The maximum atomic E-state index is 11.8. The summed E-state index contributed by atoms with van der Waals surface area (Å²) >= 11 is 0. The summed E-state index contributed by atoms with van der Waals surface area (Å²) in [5, 5.41) is 16.3. The van der Waals surface area contributed by atoms with Crippen LogP contribution in [0.4, 0.5) is 5.69 Å². The highest BCUT2D eigenvalue weighted by atomic mass is 16.6. The van der Waals surface area contributed by atoms with E-state index < -0.39 is 4.92 Å². The van der Waals surface area contributed by atoms with E-state index in [4.69, 9.17) is 0 Å². The van der Waals surface area contributed by atoms with Crippen LogP contribution in [0.15, 0.2) is 12.3 Å². The molecule has 0 unspecified atom stereocenters. The van der Waals surface area contributed by atoms with Crippen LogP contribution < -0.4 is 10.6 Å². The smallest absolute Gasteiger partial charge is 0.288 e. The van der Waals surface area contributed by atoms with E-state index in [1.165, 1.54) is 6.07 Å².